The minimum Gasteiger partial charge on any atom is -0.469 e. The number of benzene rings is 1. The molecule has 0 aliphatic heterocycles. The van der Waals surface area contributed by atoms with E-state index >= 15 is 0 Å². The van der Waals surface area contributed by atoms with Gasteiger partial charge in [-0.25, -0.2) is 4.99 Å². The lowest BCUT2D eigenvalue weighted by atomic mass is 10.2. The number of nitrogens with one attached hydrogen (secondary N) is 2. The van der Waals surface area contributed by atoms with E-state index in [-0.39, 0.29) is 29.7 Å². The molecular formula is C17H22F2IN3O2. The summed E-state index contributed by atoms with van der Waals surface area (Å²) in [4.78, 5) is 4.44. The summed E-state index contributed by atoms with van der Waals surface area (Å²) in [6, 6.07) is 10.3. The van der Waals surface area contributed by atoms with Crippen molar-refractivity contribution < 1.29 is 17.9 Å². The SMILES string of the molecule is CCNC(=NCc1cccc(OC(F)F)c1)NCCc1ccco1.I. The van der Waals surface area contributed by atoms with E-state index in [2.05, 4.69) is 20.4 Å². The van der Waals surface area contributed by atoms with Gasteiger partial charge in [0.25, 0.3) is 0 Å². The van der Waals surface area contributed by atoms with Gasteiger partial charge in [-0.15, -0.1) is 24.0 Å². The minimum absolute atomic E-state index is 0. The Bertz CT molecular complexity index is 637. The van der Waals surface area contributed by atoms with Crippen molar-refractivity contribution in [1.82, 2.24) is 10.6 Å². The first-order valence-corrected chi connectivity index (χ1v) is 7.75. The Morgan fingerprint density at radius 2 is 2.08 bits per heavy atom. The lowest BCUT2D eigenvalue weighted by Crippen LogP contribution is -2.38. The van der Waals surface area contributed by atoms with Crippen LogP contribution >= 0.6 is 24.0 Å². The van der Waals surface area contributed by atoms with Crippen LogP contribution in [-0.2, 0) is 13.0 Å². The molecule has 1 heterocycles. The lowest BCUT2D eigenvalue weighted by Gasteiger charge is -2.11. The highest BCUT2D eigenvalue weighted by atomic mass is 127. The fourth-order valence-electron chi connectivity index (χ4n) is 2.09. The molecule has 138 valence electrons. The first-order valence-electron chi connectivity index (χ1n) is 7.75. The largest absolute Gasteiger partial charge is 0.469 e. The van der Waals surface area contributed by atoms with Crippen LogP contribution in [0.4, 0.5) is 8.78 Å². The smallest absolute Gasteiger partial charge is 0.387 e. The maximum absolute atomic E-state index is 12.2. The van der Waals surface area contributed by atoms with Gasteiger partial charge in [0.15, 0.2) is 5.96 Å². The van der Waals surface area contributed by atoms with Crippen LogP contribution in [0.1, 0.15) is 18.2 Å². The predicted molar refractivity (Wildman–Crippen MR) is 104 cm³/mol. The fourth-order valence-corrected chi connectivity index (χ4v) is 2.09. The number of ether oxygens (including phenoxy) is 1. The zero-order valence-corrected chi connectivity index (χ0v) is 16.2. The molecule has 2 rings (SSSR count). The Hall–Kier alpha value is -1.84. The van der Waals surface area contributed by atoms with E-state index in [9.17, 15) is 8.78 Å². The Morgan fingerprint density at radius 3 is 2.76 bits per heavy atom. The van der Waals surface area contributed by atoms with E-state index in [4.69, 9.17) is 4.42 Å². The summed E-state index contributed by atoms with van der Waals surface area (Å²) in [5.41, 5.74) is 0.788. The highest BCUT2D eigenvalue weighted by Gasteiger charge is 2.05. The van der Waals surface area contributed by atoms with Crippen LogP contribution in [0.15, 0.2) is 52.1 Å². The van der Waals surface area contributed by atoms with Crippen LogP contribution in [0.5, 0.6) is 5.75 Å². The molecule has 2 aromatic rings. The molecule has 1 aromatic carbocycles. The van der Waals surface area contributed by atoms with E-state index in [1.54, 1.807) is 18.4 Å². The Balaban J connectivity index is 0.00000312. The highest BCUT2D eigenvalue weighted by molar-refractivity contribution is 14.0. The van der Waals surface area contributed by atoms with E-state index in [0.717, 1.165) is 24.3 Å². The molecule has 0 saturated heterocycles. The average Bonchev–Trinajstić information content (AvgIpc) is 3.06. The first kappa shape index (κ1) is 21.2. The van der Waals surface area contributed by atoms with Crippen molar-refractivity contribution in [2.45, 2.75) is 26.5 Å². The number of furan rings is 1. The molecule has 0 unspecified atom stereocenters. The fraction of sp³-hybridized carbons (Fsp3) is 0.353. The van der Waals surface area contributed by atoms with Crippen LogP contribution < -0.4 is 15.4 Å². The lowest BCUT2D eigenvalue weighted by molar-refractivity contribution is -0.0498. The Kier molecular flexibility index (Phi) is 9.90. The van der Waals surface area contributed by atoms with E-state index in [1.165, 1.54) is 6.07 Å². The van der Waals surface area contributed by atoms with Crippen LogP contribution in [0.2, 0.25) is 0 Å². The summed E-state index contributed by atoms with van der Waals surface area (Å²) in [5.74, 6) is 1.69. The summed E-state index contributed by atoms with van der Waals surface area (Å²) >= 11 is 0. The van der Waals surface area contributed by atoms with Crippen LogP contribution in [0.25, 0.3) is 0 Å². The molecular weight excluding hydrogens is 443 g/mol. The monoisotopic (exact) mass is 465 g/mol. The molecule has 2 N–H and O–H groups in total. The molecule has 0 spiro atoms. The number of hydrogen-bond acceptors (Lipinski definition) is 3. The van der Waals surface area contributed by atoms with Gasteiger partial charge in [-0.3, -0.25) is 0 Å². The maximum Gasteiger partial charge on any atom is 0.387 e. The topological polar surface area (TPSA) is 58.8 Å². The van der Waals surface area contributed by atoms with Gasteiger partial charge in [0.05, 0.1) is 12.8 Å². The number of aliphatic imine (C=N–C) groups is 1. The van der Waals surface area contributed by atoms with Gasteiger partial charge >= 0.3 is 6.61 Å². The van der Waals surface area contributed by atoms with Gasteiger partial charge in [0.2, 0.25) is 0 Å². The minimum atomic E-state index is -2.83. The van der Waals surface area contributed by atoms with E-state index in [1.807, 2.05) is 25.1 Å². The van der Waals surface area contributed by atoms with Crippen LogP contribution in [0, 0.1) is 0 Å². The van der Waals surface area contributed by atoms with Crippen molar-refractivity contribution in [2.24, 2.45) is 4.99 Å². The van der Waals surface area contributed by atoms with Gasteiger partial charge in [0.1, 0.15) is 11.5 Å². The normalized spacial score (nSPS) is 11.1. The molecule has 0 amide bonds. The first-order chi connectivity index (χ1) is 11.7. The standard InChI is InChI=1S/C17H21F2N3O2.HI/c1-2-20-17(21-9-8-14-7-4-10-23-14)22-12-13-5-3-6-15(11-13)24-16(18)19;/h3-7,10-11,16H,2,8-9,12H2,1H3,(H2,20,21,22);1H. The number of nitrogens with zero attached hydrogens (tertiary/aromatic N) is 1. The van der Waals surface area contributed by atoms with Crippen molar-refractivity contribution >= 4 is 29.9 Å². The quantitative estimate of drug-likeness (QED) is 0.354. The second kappa shape index (κ2) is 11.7. The summed E-state index contributed by atoms with van der Waals surface area (Å²) in [6.07, 6.45) is 2.39. The molecule has 0 atom stereocenters. The van der Waals surface area contributed by atoms with Gasteiger partial charge < -0.3 is 19.8 Å². The van der Waals surface area contributed by atoms with Crippen molar-refractivity contribution in [3.63, 3.8) is 0 Å². The second-order valence-electron chi connectivity index (χ2n) is 4.98. The summed E-state index contributed by atoms with van der Waals surface area (Å²) in [6.45, 7) is 0.899. The van der Waals surface area contributed by atoms with Gasteiger partial charge in [0, 0.05) is 19.5 Å². The number of rotatable bonds is 8. The maximum atomic E-state index is 12.2. The molecule has 0 bridgehead atoms. The summed E-state index contributed by atoms with van der Waals surface area (Å²) in [7, 11) is 0. The van der Waals surface area contributed by atoms with Crippen molar-refractivity contribution in [3.8, 4) is 5.75 Å². The molecule has 0 fully saturated rings. The van der Waals surface area contributed by atoms with Gasteiger partial charge in [-0.2, -0.15) is 8.78 Å². The number of halogens is 3. The predicted octanol–water partition coefficient (Wildman–Crippen LogP) is 3.80. The second-order valence-corrected chi connectivity index (χ2v) is 4.98. The van der Waals surface area contributed by atoms with Crippen LogP contribution in [0.3, 0.4) is 0 Å². The molecule has 25 heavy (non-hydrogen) atoms. The highest BCUT2D eigenvalue weighted by Crippen LogP contribution is 2.16. The van der Waals surface area contributed by atoms with Gasteiger partial charge in [-0.05, 0) is 36.8 Å². The average molecular weight is 465 g/mol. The Morgan fingerprint density at radius 1 is 1.24 bits per heavy atom. The third kappa shape index (κ3) is 8.19. The van der Waals surface area contributed by atoms with E-state index < -0.39 is 6.61 Å². The van der Waals surface area contributed by atoms with Crippen LogP contribution in [-0.4, -0.2) is 25.7 Å². The van der Waals surface area contributed by atoms with Gasteiger partial charge in [-0.1, -0.05) is 12.1 Å². The molecule has 0 aliphatic carbocycles. The number of hydrogen-bond donors (Lipinski definition) is 2. The number of guanidine groups is 1. The Labute approximate surface area is 162 Å². The van der Waals surface area contributed by atoms with E-state index in [0.29, 0.717) is 19.0 Å². The number of alkyl halides is 2. The van der Waals surface area contributed by atoms with Crippen molar-refractivity contribution in [1.29, 1.82) is 0 Å². The third-order valence-corrected chi connectivity index (χ3v) is 3.13. The third-order valence-electron chi connectivity index (χ3n) is 3.13. The zero-order valence-electron chi connectivity index (χ0n) is 13.9. The molecule has 0 radical (unpaired) electrons. The molecule has 5 nitrogen and oxygen atoms in total. The molecule has 8 heteroatoms. The molecule has 1 aromatic heterocycles. The van der Waals surface area contributed by atoms with Crippen molar-refractivity contribution in [3.05, 3.63) is 54.0 Å². The molecule has 0 saturated carbocycles. The zero-order chi connectivity index (χ0) is 17.2. The molecule has 0 aliphatic rings. The summed E-state index contributed by atoms with van der Waals surface area (Å²) in [5, 5.41) is 6.34. The summed E-state index contributed by atoms with van der Waals surface area (Å²) < 4.78 is 34.2. The van der Waals surface area contributed by atoms with Crippen molar-refractivity contribution in [2.75, 3.05) is 13.1 Å².